The van der Waals surface area contributed by atoms with E-state index in [2.05, 4.69) is 0 Å². The van der Waals surface area contributed by atoms with Crippen LogP contribution in [-0.4, -0.2) is 54.8 Å². The number of carboxylic acids is 1. The molecule has 158 valence electrons. The van der Waals surface area contributed by atoms with Crippen LogP contribution in [0.15, 0.2) is 41.2 Å². The molecule has 4 rings (SSSR count). The molecule has 30 heavy (non-hydrogen) atoms. The van der Waals surface area contributed by atoms with E-state index < -0.39 is 12.6 Å². The fourth-order valence-electron chi connectivity index (χ4n) is 4.55. The first-order valence-corrected chi connectivity index (χ1v) is 9.89. The van der Waals surface area contributed by atoms with Gasteiger partial charge in [-0.25, -0.2) is 0 Å². The monoisotopic (exact) mass is 411 g/mol. The van der Waals surface area contributed by atoms with Crippen molar-refractivity contribution in [1.29, 1.82) is 0 Å². The van der Waals surface area contributed by atoms with Crippen molar-refractivity contribution in [3.8, 4) is 16.9 Å². The van der Waals surface area contributed by atoms with Crippen LogP contribution >= 0.6 is 0 Å². The Morgan fingerprint density at radius 2 is 1.83 bits per heavy atom. The summed E-state index contributed by atoms with van der Waals surface area (Å²) in [5.41, 5.74) is 2.87. The summed E-state index contributed by atoms with van der Waals surface area (Å²) >= 11 is 0. The number of carbonyl (C=O) groups excluding carboxylic acids is 2. The van der Waals surface area contributed by atoms with Gasteiger partial charge in [-0.1, -0.05) is 12.1 Å². The van der Waals surface area contributed by atoms with Crippen LogP contribution in [0.3, 0.4) is 0 Å². The quantitative estimate of drug-likeness (QED) is 0.675. The summed E-state index contributed by atoms with van der Waals surface area (Å²) < 4.78 is 12.0. The topological polar surface area (TPSA) is 101 Å². The van der Waals surface area contributed by atoms with Gasteiger partial charge >= 0.3 is 0 Å². The van der Waals surface area contributed by atoms with Crippen LogP contribution in [0, 0.1) is 5.92 Å². The molecular formula is C22H23N2O6-. The first-order valence-electron chi connectivity index (χ1n) is 9.89. The minimum absolute atomic E-state index is 0.0218. The summed E-state index contributed by atoms with van der Waals surface area (Å²) in [5, 5.41) is 10.5. The van der Waals surface area contributed by atoms with Crippen LogP contribution in [0.5, 0.6) is 5.75 Å². The third-order valence-electron chi connectivity index (χ3n) is 5.79. The van der Waals surface area contributed by atoms with Crippen LogP contribution < -0.4 is 15.4 Å². The number of hydrogen-bond acceptors (Lipinski definition) is 6. The molecule has 2 aliphatic rings. The largest absolute Gasteiger partial charge is 0.548 e. The lowest BCUT2D eigenvalue weighted by Crippen LogP contribution is -2.50. The molecule has 2 atom stereocenters. The van der Waals surface area contributed by atoms with Crippen LogP contribution in [-0.2, 0) is 20.9 Å². The Bertz CT molecular complexity index is 1010. The molecule has 1 saturated heterocycles. The molecule has 2 aliphatic heterocycles. The van der Waals surface area contributed by atoms with Gasteiger partial charge in [0, 0.05) is 42.9 Å². The van der Waals surface area contributed by atoms with Gasteiger partial charge in [-0.05, 0) is 36.1 Å². The summed E-state index contributed by atoms with van der Waals surface area (Å²) in [7, 11) is 1.61. The number of pyridine rings is 1. The van der Waals surface area contributed by atoms with Crippen molar-refractivity contribution in [2.24, 2.45) is 5.92 Å². The minimum atomic E-state index is -1.35. The van der Waals surface area contributed by atoms with Crippen molar-refractivity contribution in [1.82, 2.24) is 9.47 Å². The van der Waals surface area contributed by atoms with E-state index in [1.807, 2.05) is 34.9 Å². The van der Waals surface area contributed by atoms with Crippen LogP contribution in [0.2, 0.25) is 0 Å². The highest BCUT2D eigenvalue weighted by atomic mass is 16.5. The van der Waals surface area contributed by atoms with Gasteiger partial charge < -0.3 is 28.8 Å². The van der Waals surface area contributed by atoms with Gasteiger partial charge in [-0.3, -0.25) is 9.59 Å². The van der Waals surface area contributed by atoms with Gasteiger partial charge in [0.05, 0.1) is 19.7 Å². The predicted octanol–water partition coefficient (Wildman–Crippen LogP) is 0.236. The molecule has 3 heterocycles. The smallest absolute Gasteiger partial charge is 0.250 e. The molecule has 1 aromatic carbocycles. The molecule has 8 nitrogen and oxygen atoms in total. The number of hydrogen-bond donors (Lipinski definition) is 0. The third-order valence-corrected chi connectivity index (χ3v) is 5.79. The zero-order valence-corrected chi connectivity index (χ0v) is 16.7. The average Bonchev–Trinajstić information content (AvgIpc) is 2.74. The molecule has 0 radical (unpaired) electrons. The molecule has 2 bridgehead atoms. The van der Waals surface area contributed by atoms with Crippen LogP contribution in [0.25, 0.3) is 11.1 Å². The highest BCUT2D eigenvalue weighted by Crippen LogP contribution is 2.40. The number of piperidine rings is 1. The van der Waals surface area contributed by atoms with E-state index in [9.17, 15) is 19.5 Å². The third kappa shape index (κ3) is 3.95. The van der Waals surface area contributed by atoms with Crippen molar-refractivity contribution in [2.45, 2.75) is 18.9 Å². The fourth-order valence-corrected chi connectivity index (χ4v) is 4.55. The fraction of sp³-hybridized carbons (Fsp3) is 0.409. The first kappa shape index (κ1) is 20.2. The predicted molar refractivity (Wildman–Crippen MR) is 106 cm³/mol. The van der Waals surface area contributed by atoms with Gasteiger partial charge in [0.2, 0.25) is 5.91 Å². The van der Waals surface area contributed by atoms with Gasteiger partial charge in [0.25, 0.3) is 5.56 Å². The average molecular weight is 411 g/mol. The van der Waals surface area contributed by atoms with E-state index in [1.165, 1.54) is 0 Å². The normalized spacial score (nSPS) is 19.8. The van der Waals surface area contributed by atoms with Crippen molar-refractivity contribution in [3.63, 3.8) is 0 Å². The van der Waals surface area contributed by atoms with Crippen molar-refractivity contribution >= 4 is 11.9 Å². The summed E-state index contributed by atoms with van der Waals surface area (Å²) in [6, 6.07) is 11.1. The summed E-state index contributed by atoms with van der Waals surface area (Å²) in [6.07, 6.45) is 0.899. The minimum Gasteiger partial charge on any atom is -0.548 e. The molecule has 0 saturated carbocycles. The molecule has 8 heteroatoms. The number of fused-ring (bicyclic) bond motifs is 4. The lowest BCUT2D eigenvalue weighted by molar-refractivity contribution is -0.309. The maximum Gasteiger partial charge on any atom is 0.250 e. The number of carbonyl (C=O) groups is 2. The first-order chi connectivity index (χ1) is 14.5. The summed E-state index contributed by atoms with van der Waals surface area (Å²) in [6.45, 7) is 0.657. The van der Waals surface area contributed by atoms with Gasteiger partial charge in [0.1, 0.15) is 12.4 Å². The Morgan fingerprint density at radius 3 is 2.53 bits per heavy atom. The zero-order chi connectivity index (χ0) is 21.3. The number of ether oxygens (including phenoxy) is 2. The maximum absolute atomic E-state index is 12.6. The Labute approximate surface area is 173 Å². The SMILES string of the molecule is COc1ccc(-c2ccc(=O)n3c2[C@@H]2C[C@@H](CN(C(=O)COCC(=O)[O-])C2)C3)cc1. The van der Waals surface area contributed by atoms with Gasteiger partial charge in [0.15, 0.2) is 0 Å². The summed E-state index contributed by atoms with van der Waals surface area (Å²) in [4.78, 5) is 37.3. The van der Waals surface area contributed by atoms with E-state index in [0.29, 0.717) is 19.6 Å². The number of carboxylic acid groups (broad SMARTS) is 1. The molecule has 0 N–H and O–H groups in total. The second-order valence-electron chi connectivity index (χ2n) is 7.77. The zero-order valence-electron chi connectivity index (χ0n) is 16.7. The number of nitrogens with zero attached hydrogens (tertiary/aromatic N) is 2. The van der Waals surface area contributed by atoms with E-state index in [4.69, 9.17) is 9.47 Å². The second-order valence-corrected chi connectivity index (χ2v) is 7.77. The number of aliphatic carboxylic acids is 1. The Balaban J connectivity index is 1.62. The number of likely N-dealkylation sites (tertiary alicyclic amines) is 1. The molecule has 1 fully saturated rings. The molecular weight excluding hydrogens is 388 g/mol. The molecule has 0 spiro atoms. The Hall–Kier alpha value is -3.13. The Kier molecular flexibility index (Phi) is 5.59. The number of benzene rings is 1. The lowest BCUT2D eigenvalue weighted by Gasteiger charge is -2.43. The Morgan fingerprint density at radius 1 is 1.07 bits per heavy atom. The van der Waals surface area contributed by atoms with E-state index in [1.54, 1.807) is 18.1 Å². The van der Waals surface area contributed by atoms with Gasteiger partial charge in [-0.15, -0.1) is 0 Å². The highest BCUT2D eigenvalue weighted by Gasteiger charge is 2.37. The number of amides is 1. The second kappa shape index (κ2) is 8.31. The maximum atomic E-state index is 12.6. The van der Waals surface area contributed by atoms with E-state index >= 15 is 0 Å². The molecule has 0 aliphatic carbocycles. The number of methoxy groups -OCH3 is 1. The molecule has 1 aromatic heterocycles. The molecule has 2 aromatic rings. The van der Waals surface area contributed by atoms with Crippen molar-refractivity contribution < 1.29 is 24.2 Å². The number of rotatable bonds is 6. The standard InChI is InChI=1S/C22H24N2O6/c1-29-17-4-2-15(3-5-17)18-6-7-19(25)24-10-14-8-16(22(18)24)11-23(9-14)20(26)12-30-13-21(27)28/h2-7,14,16H,8-13H2,1H3,(H,27,28)/p-1/t14-,16+/m0/s1. The van der Waals surface area contributed by atoms with Crippen molar-refractivity contribution in [3.05, 3.63) is 52.4 Å². The van der Waals surface area contributed by atoms with E-state index in [0.717, 1.165) is 29.0 Å². The lowest BCUT2D eigenvalue weighted by atomic mass is 9.80. The molecule has 1 amide bonds. The summed E-state index contributed by atoms with van der Waals surface area (Å²) in [5.74, 6) is -0.648. The number of aromatic nitrogens is 1. The highest BCUT2D eigenvalue weighted by molar-refractivity contribution is 5.78. The van der Waals surface area contributed by atoms with Gasteiger partial charge in [-0.2, -0.15) is 0 Å². The van der Waals surface area contributed by atoms with Crippen LogP contribution in [0.1, 0.15) is 18.0 Å². The molecule has 0 unspecified atom stereocenters. The van der Waals surface area contributed by atoms with Crippen molar-refractivity contribution in [2.75, 3.05) is 33.4 Å². The van der Waals surface area contributed by atoms with Crippen LogP contribution in [0.4, 0.5) is 0 Å². The van der Waals surface area contributed by atoms with E-state index in [-0.39, 0.29) is 29.9 Å².